The number of halogens is 3. The van der Waals surface area contributed by atoms with E-state index in [1.54, 1.807) is 12.1 Å². The fourth-order valence-electron chi connectivity index (χ4n) is 2.34. The summed E-state index contributed by atoms with van der Waals surface area (Å²) < 4.78 is 28.1. The molecule has 0 radical (unpaired) electrons. The number of aromatic nitrogens is 3. The fraction of sp³-hybridized carbons (Fsp3) is 0.133. The average Bonchev–Trinajstić information content (AvgIpc) is 2.90. The zero-order chi connectivity index (χ0) is 16.6. The van der Waals surface area contributed by atoms with E-state index in [2.05, 4.69) is 10.1 Å². The molecule has 0 aliphatic rings. The minimum absolute atomic E-state index is 0.0969. The molecule has 0 saturated carbocycles. The van der Waals surface area contributed by atoms with E-state index in [9.17, 15) is 13.6 Å². The van der Waals surface area contributed by atoms with Crippen LogP contribution in [0.4, 0.5) is 8.78 Å². The predicted molar refractivity (Wildman–Crippen MR) is 79.8 cm³/mol. The Kier molecular flexibility index (Phi) is 3.96. The molecule has 118 valence electrons. The quantitative estimate of drug-likeness (QED) is 0.792. The second-order valence-corrected chi connectivity index (χ2v) is 5.37. The van der Waals surface area contributed by atoms with Gasteiger partial charge in [0.1, 0.15) is 29.3 Å². The van der Waals surface area contributed by atoms with E-state index in [1.807, 2.05) is 0 Å². The van der Waals surface area contributed by atoms with E-state index >= 15 is 0 Å². The van der Waals surface area contributed by atoms with Gasteiger partial charge in [-0.05, 0) is 23.8 Å². The Bertz CT molecular complexity index is 911. The van der Waals surface area contributed by atoms with Gasteiger partial charge in [-0.2, -0.15) is 5.10 Å². The molecule has 2 heterocycles. The number of pyridine rings is 1. The lowest BCUT2D eigenvalue weighted by Gasteiger charge is -2.05. The molecular formula is C15H10ClF2N3O2. The summed E-state index contributed by atoms with van der Waals surface area (Å²) in [6, 6.07) is 4.53. The van der Waals surface area contributed by atoms with E-state index in [-0.39, 0.29) is 23.3 Å². The molecule has 1 aromatic carbocycles. The molecule has 0 amide bonds. The van der Waals surface area contributed by atoms with Crippen molar-refractivity contribution in [1.82, 2.24) is 14.8 Å². The summed E-state index contributed by atoms with van der Waals surface area (Å²) in [5.41, 5.74) is 0.347. The van der Waals surface area contributed by atoms with Crippen LogP contribution in [0.3, 0.4) is 0 Å². The highest BCUT2D eigenvalue weighted by Gasteiger charge is 2.15. The van der Waals surface area contributed by atoms with Gasteiger partial charge in [-0.1, -0.05) is 11.6 Å². The van der Waals surface area contributed by atoms with Gasteiger partial charge in [0.05, 0.1) is 11.6 Å². The smallest absolute Gasteiger partial charge is 0.339 e. The topological polar surface area (TPSA) is 68.0 Å². The molecule has 0 bridgehead atoms. The Morgan fingerprint density at radius 1 is 1.35 bits per heavy atom. The summed E-state index contributed by atoms with van der Waals surface area (Å²) in [5.74, 6) is -1.78. The molecule has 3 rings (SSSR count). The number of benzene rings is 1. The third kappa shape index (κ3) is 3.00. The molecule has 23 heavy (non-hydrogen) atoms. The second kappa shape index (κ2) is 5.92. The number of aromatic carboxylic acids is 1. The molecule has 0 fully saturated rings. The Labute approximate surface area is 134 Å². The zero-order valence-electron chi connectivity index (χ0n) is 11.6. The lowest BCUT2D eigenvalue weighted by Crippen LogP contribution is -2.02. The van der Waals surface area contributed by atoms with Crippen LogP contribution in [0.2, 0.25) is 5.02 Å². The fourth-order valence-corrected chi connectivity index (χ4v) is 2.50. The van der Waals surface area contributed by atoms with Gasteiger partial charge in [-0.25, -0.2) is 13.6 Å². The number of rotatable bonds is 4. The molecule has 0 spiro atoms. The van der Waals surface area contributed by atoms with Crippen molar-refractivity contribution >= 4 is 28.5 Å². The number of alkyl halides is 1. The van der Waals surface area contributed by atoms with Crippen molar-refractivity contribution in [2.24, 2.45) is 0 Å². The Morgan fingerprint density at radius 3 is 2.78 bits per heavy atom. The summed E-state index contributed by atoms with van der Waals surface area (Å²) in [7, 11) is 0. The number of hydrogen-bond donors (Lipinski definition) is 1. The molecular weight excluding hydrogens is 328 g/mol. The largest absolute Gasteiger partial charge is 0.478 e. The first-order valence-corrected chi connectivity index (χ1v) is 6.95. The summed E-state index contributed by atoms with van der Waals surface area (Å²) in [4.78, 5) is 14.9. The van der Waals surface area contributed by atoms with Gasteiger partial charge in [0.15, 0.2) is 0 Å². The highest BCUT2D eigenvalue weighted by molar-refractivity contribution is 6.31. The highest BCUT2D eigenvalue weighted by atomic mass is 35.5. The van der Waals surface area contributed by atoms with Gasteiger partial charge >= 0.3 is 5.97 Å². The van der Waals surface area contributed by atoms with Gasteiger partial charge in [-0.3, -0.25) is 9.67 Å². The average molecular weight is 338 g/mol. The Morgan fingerprint density at radius 2 is 2.13 bits per heavy atom. The normalized spacial score (nSPS) is 11.1. The van der Waals surface area contributed by atoms with Crippen LogP contribution < -0.4 is 0 Å². The van der Waals surface area contributed by atoms with Crippen LogP contribution in [-0.4, -0.2) is 25.8 Å². The first kappa shape index (κ1) is 15.4. The van der Waals surface area contributed by atoms with Gasteiger partial charge in [0, 0.05) is 17.8 Å². The van der Waals surface area contributed by atoms with E-state index in [1.165, 1.54) is 23.1 Å². The minimum atomic E-state index is -1.26. The van der Waals surface area contributed by atoms with Crippen molar-refractivity contribution in [3.05, 3.63) is 58.3 Å². The lowest BCUT2D eigenvalue weighted by molar-refractivity contribution is 0.0694. The van der Waals surface area contributed by atoms with E-state index in [0.717, 1.165) is 0 Å². The van der Waals surface area contributed by atoms with E-state index in [4.69, 9.17) is 16.7 Å². The summed E-state index contributed by atoms with van der Waals surface area (Å²) in [6.45, 7) is -0.889. The molecule has 2 aromatic heterocycles. The molecule has 0 aliphatic heterocycles. The van der Waals surface area contributed by atoms with Crippen LogP contribution in [0.15, 0.2) is 30.6 Å². The maximum Gasteiger partial charge on any atom is 0.339 e. The van der Waals surface area contributed by atoms with Crippen molar-refractivity contribution in [1.29, 1.82) is 0 Å². The van der Waals surface area contributed by atoms with E-state index in [0.29, 0.717) is 16.0 Å². The molecule has 0 aliphatic carbocycles. The third-order valence-electron chi connectivity index (χ3n) is 3.30. The number of fused-ring (bicyclic) bond motifs is 1. The van der Waals surface area contributed by atoms with Crippen molar-refractivity contribution < 1.29 is 18.7 Å². The first-order valence-electron chi connectivity index (χ1n) is 6.57. The maximum absolute atomic E-state index is 14.1. The number of hydrogen-bond acceptors (Lipinski definition) is 3. The lowest BCUT2D eigenvalue weighted by atomic mass is 10.1. The minimum Gasteiger partial charge on any atom is -0.478 e. The van der Waals surface area contributed by atoms with E-state index < -0.39 is 18.5 Å². The zero-order valence-corrected chi connectivity index (χ0v) is 12.4. The number of carboxylic acid groups (broad SMARTS) is 1. The van der Waals surface area contributed by atoms with Crippen molar-refractivity contribution in [2.75, 3.05) is 0 Å². The highest BCUT2D eigenvalue weighted by Crippen LogP contribution is 2.22. The predicted octanol–water partition coefficient (Wildman–Crippen LogP) is 3.44. The monoisotopic (exact) mass is 337 g/mol. The van der Waals surface area contributed by atoms with Crippen molar-refractivity contribution in [3.63, 3.8) is 0 Å². The molecule has 3 aromatic rings. The van der Waals surface area contributed by atoms with Gasteiger partial charge in [0.2, 0.25) is 0 Å². The van der Waals surface area contributed by atoms with Crippen LogP contribution in [0.5, 0.6) is 0 Å². The van der Waals surface area contributed by atoms with Crippen molar-refractivity contribution in [3.8, 4) is 0 Å². The number of carboxylic acids is 1. The van der Waals surface area contributed by atoms with Crippen LogP contribution in [0, 0.1) is 5.82 Å². The molecule has 0 atom stereocenters. The van der Waals surface area contributed by atoms with Crippen LogP contribution in [0.25, 0.3) is 10.9 Å². The SMILES string of the molecule is O=C(O)c1cn(Cc2cc(F)c3ncc(Cl)cc3c2)nc1CF. The van der Waals surface area contributed by atoms with Gasteiger partial charge in [-0.15, -0.1) is 0 Å². The number of nitrogens with zero attached hydrogens (tertiary/aromatic N) is 3. The first-order chi connectivity index (χ1) is 11.0. The van der Waals surface area contributed by atoms with Gasteiger partial charge in [0.25, 0.3) is 0 Å². The maximum atomic E-state index is 14.1. The van der Waals surface area contributed by atoms with Crippen molar-refractivity contribution in [2.45, 2.75) is 13.2 Å². The van der Waals surface area contributed by atoms with Crippen LogP contribution in [-0.2, 0) is 13.2 Å². The molecule has 0 unspecified atom stereocenters. The summed E-state index contributed by atoms with van der Waals surface area (Å²) in [5, 5.41) is 13.8. The Balaban J connectivity index is 2.00. The summed E-state index contributed by atoms with van der Waals surface area (Å²) in [6.07, 6.45) is 2.57. The van der Waals surface area contributed by atoms with Gasteiger partial charge < -0.3 is 5.11 Å². The standard InChI is InChI=1S/C15H10ClF2N3O2/c16-10-3-9-1-8(2-12(18)14(9)19-5-10)6-21-7-11(15(22)23)13(4-17)20-21/h1-3,5,7H,4,6H2,(H,22,23). The Hall–Kier alpha value is -2.54. The van der Waals surface area contributed by atoms with Crippen LogP contribution in [0.1, 0.15) is 21.6 Å². The third-order valence-corrected chi connectivity index (χ3v) is 3.51. The number of carbonyl (C=O) groups is 1. The molecule has 0 saturated heterocycles. The summed E-state index contributed by atoms with van der Waals surface area (Å²) >= 11 is 5.85. The molecule has 5 nitrogen and oxygen atoms in total. The second-order valence-electron chi connectivity index (χ2n) is 4.93. The van der Waals surface area contributed by atoms with Crippen LogP contribution >= 0.6 is 11.6 Å². The molecule has 8 heteroatoms. The molecule has 1 N–H and O–H groups in total.